The van der Waals surface area contributed by atoms with Gasteiger partial charge in [-0.05, 0) is 18.4 Å². The molecule has 0 radical (unpaired) electrons. The summed E-state index contributed by atoms with van der Waals surface area (Å²) in [6.45, 7) is 3.65. The van der Waals surface area contributed by atoms with E-state index in [9.17, 15) is 19.7 Å². The Morgan fingerprint density at radius 1 is 1.43 bits per heavy atom. The third-order valence-corrected chi connectivity index (χ3v) is 2.80. The fourth-order valence-corrected chi connectivity index (χ4v) is 1.78. The van der Waals surface area contributed by atoms with Crippen LogP contribution in [-0.4, -0.2) is 27.9 Å². The first kappa shape index (κ1) is 16.4. The minimum atomic E-state index is -1.17. The number of anilines is 1. The number of nitro groups is 1. The Labute approximate surface area is 121 Å². The lowest BCUT2D eigenvalue weighted by atomic mass is 10.0. The maximum Gasteiger partial charge on any atom is 0.326 e. The van der Waals surface area contributed by atoms with Gasteiger partial charge in [-0.2, -0.15) is 0 Å². The highest BCUT2D eigenvalue weighted by atomic mass is 16.6. The number of nitrogens with one attached hydrogen (secondary N) is 1. The van der Waals surface area contributed by atoms with Crippen molar-refractivity contribution in [1.82, 2.24) is 5.32 Å². The number of nitro benzene ring substituents is 1. The number of benzene rings is 1. The van der Waals surface area contributed by atoms with Crippen molar-refractivity contribution in [2.24, 2.45) is 5.92 Å². The van der Waals surface area contributed by atoms with Gasteiger partial charge < -0.3 is 16.2 Å². The van der Waals surface area contributed by atoms with Crippen molar-refractivity contribution in [3.63, 3.8) is 0 Å². The number of carboxylic acid groups (broad SMARTS) is 1. The molecule has 0 aliphatic heterocycles. The SMILES string of the molecule is CC(C)C[C@@H](NC(=O)c1cc([N+](=O)[O-])ccc1N)C(=O)O. The van der Waals surface area contributed by atoms with Crippen molar-refractivity contribution in [3.8, 4) is 0 Å². The van der Waals surface area contributed by atoms with Gasteiger partial charge in [-0.25, -0.2) is 4.79 Å². The van der Waals surface area contributed by atoms with Gasteiger partial charge in [0, 0.05) is 17.8 Å². The number of carbonyl (C=O) groups is 2. The van der Waals surface area contributed by atoms with Crippen molar-refractivity contribution in [2.45, 2.75) is 26.3 Å². The molecule has 8 heteroatoms. The molecule has 0 saturated heterocycles. The average molecular weight is 295 g/mol. The van der Waals surface area contributed by atoms with Gasteiger partial charge in [-0.3, -0.25) is 14.9 Å². The van der Waals surface area contributed by atoms with E-state index in [-0.39, 0.29) is 29.3 Å². The molecule has 0 fully saturated rings. The lowest BCUT2D eigenvalue weighted by Gasteiger charge is -2.17. The lowest BCUT2D eigenvalue weighted by molar-refractivity contribution is -0.384. The Morgan fingerprint density at radius 2 is 2.05 bits per heavy atom. The molecule has 0 bridgehead atoms. The highest BCUT2D eigenvalue weighted by Gasteiger charge is 2.23. The summed E-state index contributed by atoms with van der Waals surface area (Å²) in [6, 6.07) is 2.37. The normalized spacial score (nSPS) is 12.0. The van der Waals surface area contributed by atoms with Crippen LogP contribution in [0.15, 0.2) is 18.2 Å². The van der Waals surface area contributed by atoms with Crippen LogP contribution in [0.2, 0.25) is 0 Å². The molecule has 0 aromatic heterocycles. The number of rotatable bonds is 6. The van der Waals surface area contributed by atoms with Crippen LogP contribution in [0.3, 0.4) is 0 Å². The zero-order chi connectivity index (χ0) is 16.2. The molecule has 1 atom stereocenters. The topological polar surface area (TPSA) is 136 Å². The zero-order valence-electron chi connectivity index (χ0n) is 11.7. The van der Waals surface area contributed by atoms with Crippen molar-refractivity contribution >= 4 is 23.3 Å². The Balaban J connectivity index is 2.99. The molecule has 21 heavy (non-hydrogen) atoms. The summed E-state index contributed by atoms with van der Waals surface area (Å²) in [5, 5.41) is 22.1. The van der Waals surface area contributed by atoms with E-state index in [0.29, 0.717) is 0 Å². The second-order valence-corrected chi connectivity index (χ2v) is 5.02. The number of nitrogen functional groups attached to an aromatic ring is 1. The van der Waals surface area contributed by atoms with E-state index in [2.05, 4.69) is 5.32 Å². The van der Waals surface area contributed by atoms with Gasteiger partial charge in [0.2, 0.25) is 0 Å². The fraction of sp³-hybridized carbons (Fsp3) is 0.385. The Hall–Kier alpha value is -2.64. The van der Waals surface area contributed by atoms with E-state index < -0.39 is 22.8 Å². The highest BCUT2D eigenvalue weighted by Crippen LogP contribution is 2.20. The van der Waals surface area contributed by atoms with E-state index in [4.69, 9.17) is 10.8 Å². The van der Waals surface area contributed by atoms with Gasteiger partial charge in [-0.1, -0.05) is 13.8 Å². The minimum Gasteiger partial charge on any atom is -0.480 e. The monoisotopic (exact) mass is 295 g/mol. The summed E-state index contributed by atoms with van der Waals surface area (Å²) in [5.74, 6) is -1.85. The molecule has 0 unspecified atom stereocenters. The second kappa shape index (κ2) is 6.69. The predicted octanol–water partition coefficient (Wildman–Crippen LogP) is 1.41. The highest BCUT2D eigenvalue weighted by molar-refractivity contribution is 6.01. The molecule has 8 nitrogen and oxygen atoms in total. The first-order valence-corrected chi connectivity index (χ1v) is 6.30. The van der Waals surface area contributed by atoms with Crippen molar-refractivity contribution in [3.05, 3.63) is 33.9 Å². The standard InChI is InChI=1S/C13H17N3O5/c1-7(2)5-11(13(18)19)15-12(17)9-6-8(16(20)21)3-4-10(9)14/h3-4,6-7,11H,5,14H2,1-2H3,(H,15,17)(H,18,19)/t11-/m1/s1. The largest absolute Gasteiger partial charge is 0.480 e. The minimum absolute atomic E-state index is 0.0479. The molecule has 0 saturated carbocycles. The molecule has 1 rings (SSSR count). The van der Waals surface area contributed by atoms with E-state index in [1.165, 1.54) is 12.1 Å². The van der Waals surface area contributed by atoms with Gasteiger partial charge >= 0.3 is 5.97 Å². The molecule has 4 N–H and O–H groups in total. The van der Waals surface area contributed by atoms with E-state index >= 15 is 0 Å². The van der Waals surface area contributed by atoms with Crippen molar-refractivity contribution in [1.29, 1.82) is 0 Å². The van der Waals surface area contributed by atoms with Gasteiger partial charge in [0.15, 0.2) is 0 Å². The summed E-state index contributed by atoms with van der Waals surface area (Å²) >= 11 is 0. The number of aliphatic carboxylic acids is 1. The molecular weight excluding hydrogens is 278 g/mol. The first-order valence-electron chi connectivity index (χ1n) is 6.30. The maximum absolute atomic E-state index is 12.1. The van der Waals surface area contributed by atoms with Crippen LogP contribution in [0.25, 0.3) is 0 Å². The Kier molecular flexibility index (Phi) is 5.23. The number of non-ortho nitro benzene ring substituents is 1. The number of amides is 1. The second-order valence-electron chi connectivity index (χ2n) is 5.02. The summed E-state index contributed by atoms with van der Waals surface area (Å²) in [6.07, 6.45) is 0.246. The Bertz CT molecular complexity index is 571. The van der Waals surface area contributed by atoms with Crippen molar-refractivity contribution < 1.29 is 19.6 Å². The van der Waals surface area contributed by atoms with Crippen LogP contribution in [0.5, 0.6) is 0 Å². The van der Waals surface area contributed by atoms with Crippen LogP contribution in [0.4, 0.5) is 11.4 Å². The molecule has 0 aliphatic carbocycles. The molecule has 0 aliphatic rings. The van der Waals surface area contributed by atoms with Gasteiger partial charge in [0.25, 0.3) is 11.6 Å². The van der Waals surface area contributed by atoms with E-state index in [1.807, 2.05) is 13.8 Å². The summed E-state index contributed by atoms with van der Waals surface area (Å²) in [7, 11) is 0. The van der Waals surface area contributed by atoms with Crippen LogP contribution in [0.1, 0.15) is 30.6 Å². The van der Waals surface area contributed by atoms with Crippen molar-refractivity contribution in [2.75, 3.05) is 5.73 Å². The molecule has 0 heterocycles. The maximum atomic E-state index is 12.1. The quantitative estimate of drug-likeness (QED) is 0.412. The number of nitrogens with zero attached hydrogens (tertiary/aromatic N) is 1. The van der Waals surface area contributed by atoms with Crippen LogP contribution in [0, 0.1) is 16.0 Å². The first-order chi connectivity index (χ1) is 9.72. The van der Waals surface area contributed by atoms with Gasteiger partial charge in [-0.15, -0.1) is 0 Å². The molecule has 114 valence electrons. The number of hydrogen-bond acceptors (Lipinski definition) is 5. The predicted molar refractivity (Wildman–Crippen MR) is 75.9 cm³/mol. The Morgan fingerprint density at radius 3 is 2.52 bits per heavy atom. The zero-order valence-corrected chi connectivity index (χ0v) is 11.7. The molecule has 1 aromatic rings. The number of hydrogen-bond donors (Lipinski definition) is 3. The van der Waals surface area contributed by atoms with Gasteiger partial charge in [0.1, 0.15) is 6.04 Å². The molecular formula is C13H17N3O5. The fourth-order valence-electron chi connectivity index (χ4n) is 1.78. The summed E-state index contributed by atoms with van der Waals surface area (Å²) in [5.41, 5.74) is 5.26. The van der Waals surface area contributed by atoms with Crippen LogP contribution in [-0.2, 0) is 4.79 Å². The smallest absolute Gasteiger partial charge is 0.326 e. The molecule has 1 aromatic carbocycles. The van der Waals surface area contributed by atoms with E-state index in [0.717, 1.165) is 6.07 Å². The summed E-state index contributed by atoms with van der Waals surface area (Å²) < 4.78 is 0. The van der Waals surface area contributed by atoms with Gasteiger partial charge in [0.05, 0.1) is 10.5 Å². The lowest BCUT2D eigenvalue weighted by Crippen LogP contribution is -2.41. The third-order valence-electron chi connectivity index (χ3n) is 2.80. The third kappa shape index (κ3) is 4.44. The van der Waals surface area contributed by atoms with E-state index in [1.54, 1.807) is 0 Å². The molecule has 0 spiro atoms. The average Bonchev–Trinajstić information content (AvgIpc) is 2.37. The van der Waals surface area contributed by atoms with Crippen LogP contribution < -0.4 is 11.1 Å². The number of nitrogens with two attached hydrogens (primary N) is 1. The van der Waals surface area contributed by atoms with Crippen LogP contribution >= 0.6 is 0 Å². The molecule has 1 amide bonds. The number of carboxylic acids is 1. The number of carbonyl (C=O) groups excluding carboxylic acids is 1. The summed E-state index contributed by atoms with van der Waals surface area (Å²) in [4.78, 5) is 33.2.